The fraction of sp³-hybridized carbons (Fsp3) is 0.412. The van der Waals surface area contributed by atoms with Crippen molar-refractivity contribution in [3.8, 4) is 0 Å². The lowest BCUT2D eigenvalue weighted by molar-refractivity contribution is -0.135. The van der Waals surface area contributed by atoms with Crippen LogP contribution in [0.5, 0.6) is 0 Å². The third-order valence-electron chi connectivity index (χ3n) is 4.65. The number of hydrogen-bond acceptors (Lipinski definition) is 4. The molecule has 3 N–H and O–H groups in total. The molecule has 1 fully saturated rings. The molecule has 0 unspecified atom stereocenters. The maximum atomic E-state index is 12.9. The van der Waals surface area contributed by atoms with Crippen LogP contribution in [0, 0.1) is 0 Å². The van der Waals surface area contributed by atoms with Gasteiger partial charge in [-0.15, -0.1) is 0 Å². The number of hydrogen-bond donors (Lipinski definition) is 3. The van der Waals surface area contributed by atoms with Gasteiger partial charge in [0.05, 0.1) is 0 Å². The average molecular weight is 398 g/mol. The minimum atomic E-state index is -4.63. The molecular formula is C17H17F3N4O4. The first kappa shape index (κ1) is 19.6. The van der Waals surface area contributed by atoms with Crippen molar-refractivity contribution in [1.29, 1.82) is 0 Å². The first-order valence-corrected chi connectivity index (χ1v) is 8.49. The van der Waals surface area contributed by atoms with Crippen LogP contribution in [-0.4, -0.2) is 48.0 Å². The number of nitrogens with zero attached hydrogens (tertiary/aromatic N) is 1. The summed E-state index contributed by atoms with van der Waals surface area (Å²) in [7, 11) is 0. The van der Waals surface area contributed by atoms with Crippen LogP contribution < -0.4 is 16.0 Å². The molecule has 6 amide bonds. The third-order valence-corrected chi connectivity index (χ3v) is 4.65. The van der Waals surface area contributed by atoms with Crippen LogP contribution in [0.25, 0.3) is 0 Å². The lowest BCUT2D eigenvalue weighted by Crippen LogP contribution is -2.49. The number of carbonyl (C=O) groups excluding carboxylic acids is 4. The molecule has 2 aliphatic rings. The highest BCUT2D eigenvalue weighted by atomic mass is 19.4. The second-order valence-corrected chi connectivity index (χ2v) is 6.58. The van der Waals surface area contributed by atoms with Crippen molar-refractivity contribution in [2.45, 2.75) is 31.0 Å². The largest absolute Gasteiger partial charge is 0.405 e. The van der Waals surface area contributed by atoms with Crippen LogP contribution >= 0.6 is 0 Å². The number of fused-ring (bicyclic) bond motifs is 2. The molecule has 1 heterocycles. The molecule has 1 aliphatic heterocycles. The Morgan fingerprint density at radius 1 is 1.21 bits per heavy atom. The quantitative estimate of drug-likeness (QED) is 0.664. The van der Waals surface area contributed by atoms with Gasteiger partial charge in [-0.1, -0.05) is 24.3 Å². The Balaban J connectivity index is 1.68. The Morgan fingerprint density at radius 2 is 1.93 bits per heavy atom. The molecule has 3 rings (SSSR count). The number of urea groups is 2. The smallest absolute Gasteiger partial charge is 0.329 e. The van der Waals surface area contributed by atoms with E-state index in [4.69, 9.17) is 0 Å². The Morgan fingerprint density at radius 3 is 2.64 bits per heavy atom. The van der Waals surface area contributed by atoms with Gasteiger partial charge in [-0.3, -0.25) is 19.8 Å². The van der Waals surface area contributed by atoms with E-state index in [1.807, 2.05) is 12.1 Å². The number of benzene rings is 1. The van der Waals surface area contributed by atoms with E-state index in [1.54, 1.807) is 17.4 Å². The second-order valence-electron chi connectivity index (χ2n) is 6.58. The van der Waals surface area contributed by atoms with E-state index in [-0.39, 0.29) is 0 Å². The van der Waals surface area contributed by atoms with Crippen molar-refractivity contribution in [3.63, 3.8) is 0 Å². The van der Waals surface area contributed by atoms with Gasteiger partial charge in [-0.25, -0.2) is 9.59 Å². The molecule has 0 radical (unpaired) electrons. The van der Waals surface area contributed by atoms with E-state index in [1.165, 1.54) is 5.32 Å². The number of amides is 6. The molecule has 150 valence electrons. The van der Waals surface area contributed by atoms with Crippen molar-refractivity contribution in [3.05, 3.63) is 35.4 Å². The number of imide groups is 2. The Labute approximate surface area is 157 Å². The first-order valence-electron chi connectivity index (χ1n) is 8.49. The topological polar surface area (TPSA) is 108 Å². The summed E-state index contributed by atoms with van der Waals surface area (Å²) >= 11 is 0. The number of rotatable bonds is 3. The summed E-state index contributed by atoms with van der Waals surface area (Å²) in [6.07, 6.45) is -2.87. The standard InChI is InChI=1S/C17H17F3N4O4/c18-17(19,20)9-21-14(27)22-12(25)8-24-13(26)16(23-15(24)28)7-3-5-10-4-1-2-6-11(10)16/h1-2,4,6H,3,5,7-9H2,(H,23,28)(H2,21,22,25,27)/t16-/m1/s1. The van der Waals surface area contributed by atoms with Crippen LogP contribution in [0.2, 0.25) is 0 Å². The minimum absolute atomic E-state index is 0.360. The van der Waals surface area contributed by atoms with Gasteiger partial charge in [-0.2, -0.15) is 13.2 Å². The van der Waals surface area contributed by atoms with Crippen molar-refractivity contribution < 1.29 is 32.3 Å². The molecule has 1 spiro atoms. The van der Waals surface area contributed by atoms with Crippen LogP contribution in [0.3, 0.4) is 0 Å². The van der Waals surface area contributed by atoms with Crippen LogP contribution in [0.15, 0.2) is 24.3 Å². The van der Waals surface area contributed by atoms with Crippen molar-refractivity contribution in [1.82, 2.24) is 20.9 Å². The molecule has 1 saturated heterocycles. The Kier molecular flexibility index (Phi) is 5.01. The van der Waals surface area contributed by atoms with Gasteiger partial charge < -0.3 is 10.6 Å². The normalized spacial score (nSPS) is 21.3. The molecule has 0 aromatic heterocycles. The van der Waals surface area contributed by atoms with Crippen molar-refractivity contribution in [2.75, 3.05) is 13.1 Å². The lowest BCUT2D eigenvalue weighted by Gasteiger charge is -2.33. The summed E-state index contributed by atoms with van der Waals surface area (Å²) in [5.74, 6) is -1.71. The molecule has 0 bridgehead atoms. The third kappa shape index (κ3) is 3.78. The van der Waals surface area contributed by atoms with Gasteiger partial charge in [-0.05, 0) is 30.4 Å². The predicted molar refractivity (Wildman–Crippen MR) is 88.9 cm³/mol. The zero-order valence-corrected chi connectivity index (χ0v) is 14.6. The lowest BCUT2D eigenvalue weighted by atomic mass is 9.76. The van der Waals surface area contributed by atoms with Crippen LogP contribution in [0.4, 0.5) is 22.8 Å². The molecule has 1 aromatic rings. The second kappa shape index (κ2) is 7.13. The summed E-state index contributed by atoms with van der Waals surface area (Å²) in [5, 5.41) is 5.78. The molecule has 1 aliphatic carbocycles. The fourth-order valence-corrected chi connectivity index (χ4v) is 3.49. The Hall–Kier alpha value is -3.11. The predicted octanol–water partition coefficient (Wildman–Crippen LogP) is 1.16. The SMILES string of the molecule is O=C(CN1C(=O)N[C@@]2(CCCc3ccccc32)C1=O)NC(=O)NCC(F)(F)F. The fourth-order valence-electron chi connectivity index (χ4n) is 3.49. The zero-order chi connectivity index (χ0) is 20.5. The van der Waals surface area contributed by atoms with Gasteiger partial charge in [0.2, 0.25) is 5.91 Å². The highest BCUT2D eigenvalue weighted by molar-refractivity contribution is 6.10. The summed E-state index contributed by atoms with van der Waals surface area (Å²) < 4.78 is 36.2. The summed E-state index contributed by atoms with van der Waals surface area (Å²) in [6.45, 7) is -2.40. The summed E-state index contributed by atoms with van der Waals surface area (Å²) in [5.41, 5.74) is 0.302. The highest BCUT2D eigenvalue weighted by Crippen LogP contribution is 2.39. The van der Waals surface area contributed by atoms with E-state index in [2.05, 4.69) is 5.32 Å². The molecule has 1 atom stereocenters. The van der Waals surface area contributed by atoms with E-state index in [0.717, 1.165) is 12.0 Å². The highest BCUT2D eigenvalue weighted by Gasteiger charge is 2.54. The zero-order valence-electron chi connectivity index (χ0n) is 14.6. The number of alkyl halides is 3. The molecule has 0 saturated carbocycles. The summed E-state index contributed by atoms with van der Waals surface area (Å²) in [4.78, 5) is 49.2. The monoisotopic (exact) mass is 398 g/mol. The molecule has 8 nitrogen and oxygen atoms in total. The summed E-state index contributed by atoms with van der Waals surface area (Å²) in [6, 6.07) is 4.99. The van der Waals surface area contributed by atoms with E-state index in [9.17, 15) is 32.3 Å². The van der Waals surface area contributed by atoms with Crippen molar-refractivity contribution >= 4 is 23.9 Å². The number of halogens is 3. The maximum Gasteiger partial charge on any atom is 0.405 e. The number of nitrogens with one attached hydrogen (secondary N) is 3. The van der Waals surface area contributed by atoms with Gasteiger partial charge in [0, 0.05) is 0 Å². The first-order chi connectivity index (χ1) is 13.1. The van der Waals surface area contributed by atoms with Gasteiger partial charge in [0.15, 0.2) is 0 Å². The molecule has 28 heavy (non-hydrogen) atoms. The van der Waals surface area contributed by atoms with Gasteiger partial charge in [0.25, 0.3) is 5.91 Å². The minimum Gasteiger partial charge on any atom is -0.329 e. The van der Waals surface area contributed by atoms with Crippen LogP contribution in [0.1, 0.15) is 24.0 Å². The molecular weight excluding hydrogens is 381 g/mol. The van der Waals surface area contributed by atoms with E-state index < -0.39 is 48.7 Å². The van der Waals surface area contributed by atoms with E-state index >= 15 is 0 Å². The molecule has 11 heteroatoms. The van der Waals surface area contributed by atoms with Crippen molar-refractivity contribution in [2.24, 2.45) is 0 Å². The van der Waals surface area contributed by atoms with E-state index in [0.29, 0.717) is 23.3 Å². The maximum absolute atomic E-state index is 12.9. The van der Waals surface area contributed by atoms with Gasteiger partial charge >= 0.3 is 18.2 Å². The molecule has 1 aromatic carbocycles. The van der Waals surface area contributed by atoms with Gasteiger partial charge in [0.1, 0.15) is 18.6 Å². The average Bonchev–Trinajstić information content (AvgIpc) is 2.85. The van der Waals surface area contributed by atoms with Crippen LogP contribution in [-0.2, 0) is 21.5 Å². The Bertz CT molecular complexity index is 842. The number of aryl methyl sites for hydroxylation is 1. The number of carbonyl (C=O) groups is 4.